The molecule has 1 aliphatic rings. The number of nitrogens with zero attached hydrogens (tertiary/aromatic N) is 3. The van der Waals surface area contributed by atoms with Crippen LogP contribution >= 0.6 is 0 Å². The Balaban J connectivity index is 1.86. The fourth-order valence-corrected chi connectivity index (χ4v) is 2.43. The predicted octanol–water partition coefficient (Wildman–Crippen LogP) is 0.870. The van der Waals surface area contributed by atoms with Crippen molar-refractivity contribution in [3.63, 3.8) is 0 Å². The van der Waals surface area contributed by atoms with Crippen LogP contribution in [0.5, 0.6) is 5.75 Å². The first-order valence-electron chi connectivity index (χ1n) is 6.86. The lowest BCUT2D eigenvalue weighted by atomic mass is 10.1. The smallest absolute Gasteiger partial charge is 0.119 e. The van der Waals surface area contributed by atoms with E-state index in [2.05, 4.69) is 15.9 Å². The minimum Gasteiger partial charge on any atom is -0.497 e. The molecule has 1 aromatic carbocycles. The lowest BCUT2D eigenvalue weighted by Crippen LogP contribution is -2.47. The number of benzene rings is 1. The number of hydrogen-bond acceptors (Lipinski definition) is 5. The zero-order chi connectivity index (χ0) is 14.4. The van der Waals surface area contributed by atoms with Gasteiger partial charge in [0.1, 0.15) is 5.75 Å². The monoisotopic (exact) mass is 275 g/mol. The van der Waals surface area contributed by atoms with E-state index in [9.17, 15) is 5.11 Å². The zero-order valence-electron chi connectivity index (χ0n) is 11.8. The lowest BCUT2D eigenvalue weighted by Gasteiger charge is -2.34. The number of piperazine rings is 1. The van der Waals surface area contributed by atoms with Gasteiger partial charge in [0.05, 0.1) is 25.8 Å². The third-order valence-corrected chi connectivity index (χ3v) is 3.67. The van der Waals surface area contributed by atoms with Crippen molar-refractivity contribution < 1.29 is 9.84 Å². The van der Waals surface area contributed by atoms with Crippen LogP contribution in [-0.4, -0.2) is 61.3 Å². The average Bonchev–Trinajstić information content (AvgIpc) is 2.49. The SMILES string of the molecule is COc1cccc(C(O)CN2CCN(CC#N)CC2)c1. The van der Waals surface area contributed by atoms with Crippen molar-refractivity contribution >= 4 is 0 Å². The minimum absolute atomic E-state index is 0.492. The van der Waals surface area contributed by atoms with Gasteiger partial charge in [0.2, 0.25) is 0 Å². The summed E-state index contributed by atoms with van der Waals surface area (Å²) >= 11 is 0. The molecule has 0 spiro atoms. The highest BCUT2D eigenvalue weighted by Crippen LogP contribution is 2.20. The van der Waals surface area contributed by atoms with Gasteiger partial charge in [0, 0.05) is 32.7 Å². The molecule has 5 heteroatoms. The molecule has 1 N–H and O–H groups in total. The molecule has 5 nitrogen and oxygen atoms in total. The summed E-state index contributed by atoms with van der Waals surface area (Å²) in [5, 5.41) is 19.0. The van der Waals surface area contributed by atoms with Crippen LogP contribution in [0.25, 0.3) is 0 Å². The van der Waals surface area contributed by atoms with E-state index in [0.29, 0.717) is 13.1 Å². The topological polar surface area (TPSA) is 59.7 Å². The quantitative estimate of drug-likeness (QED) is 0.808. The van der Waals surface area contributed by atoms with Crippen molar-refractivity contribution in [2.24, 2.45) is 0 Å². The molecule has 0 aromatic heterocycles. The Morgan fingerprint density at radius 3 is 2.65 bits per heavy atom. The Morgan fingerprint density at radius 1 is 1.30 bits per heavy atom. The minimum atomic E-state index is -0.507. The summed E-state index contributed by atoms with van der Waals surface area (Å²) < 4.78 is 5.17. The Morgan fingerprint density at radius 2 is 2.00 bits per heavy atom. The molecule has 20 heavy (non-hydrogen) atoms. The molecule has 1 saturated heterocycles. The molecule has 0 amide bonds. The first-order chi connectivity index (χ1) is 9.72. The normalized spacial score (nSPS) is 18.4. The molecule has 1 fully saturated rings. The number of aliphatic hydroxyl groups excluding tert-OH is 1. The van der Waals surface area contributed by atoms with E-state index >= 15 is 0 Å². The maximum atomic E-state index is 10.3. The lowest BCUT2D eigenvalue weighted by molar-refractivity contribution is 0.0767. The van der Waals surface area contributed by atoms with Gasteiger partial charge in [-0.3, -0.25) is 9.80 Å². The summed E-state index contributed by atoms with van der Waals surface area (Å²) in [7, 11) is 1.62. The van der Waals surface area contributed by atoms with Crippen LogP contribution in [0.4, 0.5) is 0 Å². The molecule has 1 unspecified atom stereocenters. The fraction of sp³-hybridized carbons (Fsp3) is 0.533. The van der Waals surface area contributed by atoms with Crippen molar-refractivity contribution in [3.8, 4) is 11.8 Å². The zero-order valence-corrected chi connectivity index (χ0v) is 11.8. The number of hydrogen-bond donors (Lipinski definition) is 1. The summed E-state index contributed by atoms with van der Waals surface area (Å²) in [6.45, 7) is 4.67. The van der Waals surface area contributed by atoms with E-state index < -0.39 is 6.10 Å². The summed E-state index contributed by atoms with van der Waals surface area (Å²) in [5.74, 6) is 0.764. The van der Waals surface area contributed by atoms with Crippen molar-refractivity contribution in [2.45, 2.75) is 6.10 Å². The largest absolute Gasteiger partial charge is 0.497 e. The standard InChI is InChI=1S/C15H21N3O2/c1-20-14-4-2-3-13(11-14)15(19)12-18-9-7-17(6-5-16)8-10-18/h2-4,11,15,19H,6-10,12H2,1H3. The average molecular weight is 275 g/mol. The first kappa shape index (κ1) is 14.8. The maximum Gasteiger partial charge on any atom is 0.119 e. The van der Waals surface area contributed by atoms with Gasteiger partial charge in [-0.25, -0.2) is 0 Å². The van der Waals surface area contributed by atoms with Crippen molar-refractivity contribution in [3.05, 3.63) is 29.8 Å². The Labute approximate surface area is 120 Å². The maximum absolute atomic E-state index is 10.3. The highest BCUT2D eigenvalue weighted by atomic mass is 16.5. The molecule has 0 saturated carbocycles. The molecule has 1 atom stereocenters. The molecule has 0 aliphatic carbocycles. The molecule has 1 heterocycles. The molecular formula is C15H21N3O2. The summed E-state index contributed by atoms with van der Waals surface area (Å²) in [5.41, 5.74) is 0.879. The number of rotatable bonds is 5. The highest BCUT2D eigenvalue weighted by molar-refractivity contribution is 5.29. The van der Waals surface area contributed by atoms with Crippen LogP contribution in [0, 0.1) is 11.3 Å². The van der Waals surface area contributed by atoms with E-state index in [-0.39, 0.29) is 0 Å². The van der Waals surface area contributed by atoms with E-state index in [0.717, 1.165) is 37.5 Å². The van der Waals surface area contributed by atoms with Crippen LogP contribution in [0.15, 0.2) is 24.3 Å². The van der Waals surface area contributed by atoms with Gasteiger partial charge in [-0.2, -0.15) is 5.26 Å². The van der Waals surface area contributed by atoms with Crippen LogP contribution in [0.2, 0.25) is 0 Å². The van der Waals surface area contributed by atoms with Gasteiger partial charge >= 0.3 is 0 Å². The molecule has 2 rings (SSSR count). The van der Waals surface area contributed by atoms with Crippen LogP contribution in [0.3, 0.4) is 0 Å². The molecule has 1 aliphatic heterocycles. The van der Waals surface area contributed by atoms with E-state index in [1.54, 1.807) is 7.11 Å². The summed E-state index contributed by atoms with van der Waals surface area (Å²) in [6, 6.07) is 9.73. The van der Waals surface area contributed by atoms with Crippen molar-refractivity contribution in [1.29, 1.82) is 5.26 Å². The third-order valence-electron chi connectivity index (χ3n) is 3.67. The van der Waals surface area contributed by atoms with Gasteiger partial charge in [-0.05, 0) is 17.7 Å². The third kappa shape index (κ3) is 3.94. The number of methoxy groups -OCH3 is 1. The van der Waals surface area contributed by atoms with Crippen LogP contribution < -0.4 is 4.74 Å². The fourth-order valence-electron chi connectivity index (χ4n) is 2.43. The molecular weight excluding hydrogens is 254 g/mol. The van der Waals surface area contributed by atoms with Gasteiger partial charge in [-0.15, -0.1) is 0 Å². The second kappa shape index (κ2) is 7.25. The number of ether oxygens (including phenoxy) is 1. The second-order valence-corrected chi connectivity index (χ2v) is 5.03. The summed E-state index contributed by atoms with van der Waals surface area (Å²) in [6.07, 6.45) is -0.507. The number of β-amino-alcohol motifs (C(OH)–C–C–N with tert-alkyl or cyclic N) is 1. The summed E-state index contributed by atoms with van der Waals surface area (Å²) in [4.78, 5) is 4.37. The van der Waals surface area contributed by atoms with Gasteiger partial charge < -0.3 is 9.84 Å². The first-order valence-corrected chi connectivity index (χ1v) is 6.86. The van der Waals surface area contributed by atoms with E-state index in [1.165, 1.54) is 0 Å². The number of nitriles is 1. The molecule has 1 aromatic rings. The van der Waals surface area contributed by atoms with Crippen molar-refractivity contribution in [2.75, 3.05) is 46.4 Å². The molecule has 108 valence electrons. The Bertz CT molecular complexity index is 464. The second-order valence-electron chi connectivity index (χ2n) is 5.03. The Hall–Kier alpha value is -1.61. The Kier molecular flexibility index (Phi) is 5.36. The van der Waals surface area contributed by atoms with Gasteiger partial charge in [-0.1, -0.05) is 12.1 Å². The molecule has 0 radical (unpaired) electrons. The van der Waals surface area contributed by atoms with Crippen molar-refractivity contribution in [1.82, 2.24) is 9.80 Å². The number of aliphatic hydroxyl groups is 1. The van der Waals surface area contributed by atoms with E-state index in [1.807, 2.05) is 24.3 Å². The highest BCUT2D eigenvalue weighted by Gasteiger charge is 2.19. The van der Waals surface area contributed by atoms with Gasteiger partial charge in [0.15, 0.2) is 0 Å². The van der Waals surface area contributed by atoms with Crippen LogP contribution in [0.1, 0.15) is 11.7 Å². The predicted molar refractivity (Wildman–Crippen MR) is 76.4 cm³/mol. The van der Waals surface area contributed by atoms with Gasteiger partial charge in [0.25, 0.3) is 0 Å². The van der Waals surface area contributed by atoms with Crippen LogP contribution in [-0.2, 0) is 0 Å². The van der Waals surface area contributed by atoms with E-state index in [4.69, 9.17) is 10.00 Å². The molecule has 0 bridgehead atoms.